The molecule has 3 aliphatic carbocycles. The van der Waals surface area contributed by atoms with Gasteiger partial charge in [-0.15, -0.1) is 0 Å². The number of allylic oxidation sites excluding steroid dienone is 4. The van der Waals surface area contributed by atoms with Crippen LogP contribution in [0.2, 0.25) is 18.6 Å². The van der Waals surface area contributed by atoms with E-state index in [-0.39, 0.29) is 5.54 Å². The zero-order valence-electron chi connectivity index (χ0n) is 13.9. The van der Waals surface area contributed by atoms with Crippen LogP contribution in [0.15, 0.2) is 23.3 Å². The summed E-state index contributed by atoms with van der Waals surface area (Å²) in [6.07, 6.45) is 12.3. The fourth-order valence-electron chi connectivity index (χ4n) is 5.05. The highest BCUT2D eigenvalue weighted by atomic mass is 28.3. The van der Waals surface area contributed by atoms with Crippen molar-refractivity contribution in [3.63, 3.8) is 0 Å². The van der Waals surface area contributed by atoms with E-state index in [0.717, 1.165) is 17.4 Å². The van der Waals surface area contributed by atoms with Crippen LogP contribution in [0.3, 0.4) is 0 Å². The van der Waals surface area contributed by atoms with Crippen molar-refractivity contribution in [2.75, 3.05) is 0 Å². The molecule has 0 aliphatic heterocycles. The maximum atomic E-state index is 4.02. The molecule has 0 saturated heterocycles. The second kappa shape index (κ2) is 4.84. The topological polar surface area (TPSA) is 12.0 Å². The maximum absolute atomic E-state index is 4.02. The van der Waals surface area contributed by atoms with E-state index >= 15 is 0 Å². The van der Waals surface area contributed by atoms with Gasteiger partial charge in [-0.05, 0) is 75.0 Å². The van der Waals surface area contributed by atoms with Crippen molar-refractivity contribution in [2.45, 2.75) is 77.0 Å². The summed E-state index contributed by atoms with van der Waals surface area (Å²) in [6, 6.07) is 0. The van der Waals surface area contributed by atoms with Crippen LogP contribution >= 0.6 is 0 Å². The first-order chi connectivity index (χ1) is 9.26. The second-order valence-electron chi connectivity index (χ2n) is 8.76. The van der Waals surface area contributed by atoms with E-state index in [2.05, 4.69) is 51.0 Å². The summed E-state index contributed by atoms with van der Waals surface area (Å²) in [5, 5.41) is 0. The first-order valence-corrected chi connectivity index (χ1v) is 11.6. The summed E-state index contributed by atoms with van der Waals surface area (Å²) in [6.45, 7) is 12.1. The lowest BCUT2D eigenvalue weighted by atomic mass is 9.85. The molecular formula is C18H31NSi. The normalized spacial score (nSPS) is 33.5. The van der Waals surface area contributed by atoms with E-state index in [1.807, 2.05) is 0 Å². The van der Waals surface area contributed by atoms with Crippen molar-refractivity contribution in [3.8, 4) is 0 Å². The van der Waals surface area contributed by atoms with Gasteiger partial charge in [-0.1, -0.05) is 31.7 Å². The Morgan fingerprint density at radius 1 is 1.05 bits per heavy atom. The first-order valence-electron chi connectivity index (χ1n) is 8.47. The van der Waals surface area contributed by atoms with Crippen LogP contribution in [0, 0.1) is 11.8 Å². The number of nitrogens with one attached hydrogen (secondary N) is 1. The van der Waals surface area contributed by atoms with Gasteiger partial charge in [0.2, 0.25) is 0 Å². The lowest BCUT2D eigenvalue weighted by molar-refractivity contribution is 0.486. The zero-order valence-corrected chi connectivity index (χ0v) is 14.9. The molecule has 0 bridgehead atoms. The van der Waals surface area contributed by atoms with Gasteiger partial charge in [0.05, 0.1) is 0 Å². The summed E-state index contributed by atoms with van der Waals surface area (Å²) < 4.78 is 0. The van der Waals surface area contributed by atoms with Gasteiger partial charge in [0.1, 0.15) is 8.24 Å². The molecule has 0 aromatic carbocycles. The van der Waals surface area contributed by atoms with Crippen LogP contribution in [0.25, 0.3) is 0 Å². The lowest BCUT2D eigenvalue weighted by Gasteiger charge is -2.41. The standard InChI is InChI=1S/C18H31NSi/c1-18(2,3)19-20(4,5)17-10-9-15-11-13-7-6-8-14(13)12-16(15)17/h11-12,15-17,19H,6-10H2,1-5H3. The Bertz CT molecular complexity index is 453. The molecule has 0 heterocycles. The van der Waals surface area contributed by atoms with Crippen LogP contribution in [0.4, 0.5) is 0 Å². The van der Waals surface area contributed by atoms with Gasteiger partial charge in [-0.25, -0.2) is 0 Å². The van der Waals surface area contributed by atoms with Gasteiger partial charge in [-0.2, -0.15) is 0 Å². The molecule has 1 N–H and O–H groups in total. The molecule has 0 aromatic rings. The van der Waals surface area contributed by atoms with Crippen molar-refractivity contribution in [1.29, 1.82) is 0 Å². The van der Waals surface area contributed by atoms with Crippen molar-refractivity contribution in [3.05, 3.63) is 23.3 Å². The minimum absolute atomic E-state index is 0.254. The van der Waals surface area contributed by atoms with Gasteiger partial charge in [0.15, 0.2) is 0 Å². The highest BCUT2D eigenvalue weighted by molar-refractivity contribution is 6.76. The summed E-state index contributed by atoms with van der Waals surface area (Å²) in [4.78, 5) is 4.02. The largest absolute Gasteiger partial charge is 0.332 e. The maximum Gasteiger partial charge on any atom is 0.123 e. The fraction of sp³-hybridized carbons (Fsp3) is 0.778. The summed E-state index contributed by atoms with van der Waals surface area (Å²) >= 11 is 0. The first kappa shape index (κ1) is 14.6. The van der Waals surface area contributed by atoms with E-state index in [1.54, 1.807) is 11.1 Å². The average molecular weight is 290 g/mol. The molecule has 2 fully saturated rings. The molecule has 112 valence electrons. The molecule has 1 nitrogen and oxygen atoms in total. The van der Waals surface area contributed by atoms with E-state index in [4.69, 9.17) is 0 Å². The predicted octanol–water partition coefficient (Wildman–Crippen LogP) is 5.03. The summed E-state index contributed by atoms with van der Waals surface area (Å²) in [7, 11) is -1.38. The van der Waals surface area contributed by atoms with Crippen LogP contribution in [-0.2, 0) is 0 Å². The Morgan fingerprint density at radius 2 is 1.70 bits per heavy atom. The van der Waals surface area contributed by atoms with E-state index in [0.29, 0.717) is 0 Å². The van der Waals surface area contributed by atoms with E-state index < -0.39 is 8.24 Å². The quantitative estimate of drug-likeness (QED) is 0.703. The van der Waals surface area contributed by atoms with Crippen LogP contribution in [-0.4, -0.2) is 13.8 Å². The molecule has 3 atom stereocenters. The molecule has 0 aromatic heterocycles. The van der Waals surface area contributed by atoms with Crippen molar-refractivity contribution in [1.82, 2.24) is 4.98 Å². The van der Waals surface area contributed by atoms with Crippen molar-refractivity contribution in [2.24, 2.45) is 11.8 Å². The van der Waals surface area contributed by atoms with Gasteiger partial charge in [-0.3, -0.25) is 0 Å². The van der Waals surface area contributed by atoms with Gasteiger partial charge in [0, 0.05) is 5.54 Å². The Morgan fingerprint density at radius 3 is 2.35 bits per heavy atom. The molecular weight excluding hydrogens is 258 g/mol. The third kappa shape index (κ3) is 2.69. The van der Waals surface area contributed by atoms with Crippen LogP contribution < -0.4 is 4.98 Å². The molecule has 3 rings (SSSR count). The Balaban J connectivity index is 1.81. The summed E-state index contributed by atoms with van der Waals surface area (Å²) in [5.74, 6) is 1.69. The van der Waals surface area contributed by atoms with Crippen LogP contribution in [0.5, 0.6) is 0 Å². The van der Waals surface area contributed by atoms with Gasteiger partial charge in [0.25, 0.3) is 0 Å². The molecule has 20 heavy (non-hydrogen) atoms. The molecule has 2 saturated carbocycles. The van der Waals surface area contributed by atoms with Gasteiger partial charge < -0.3 is 4.98 Å². The molecule has 0 radical (unpaired) electrons. The highest BCUT2D eigenvalue weighted by Crippen LogP contribution is 2.52. The molecule has 0 amide bonds. The number of rotatable bonds is 2. The Hall–Kier alpha value is -0.343. The lowest BCUT2D eigenvalue weighted by Crippen LogP contribution is -2.57. The Kier molecular flexibility index (Phi) is 3.53. The monoisotopic (exact) mass is 289 g/mol. The average Bonchev–Trinajstić information content (AvgIpc) is 2.86. The molecule has 2 heteroatoms. The third-order valence-electron chi connectivity index (χ3n) is 5.51. The number of hydrogen-bond acceptors (Lipinski definition) is 1. The number of hydrogen-bond donors (Lipinski definition) is 1. The van der Waals surface area contributed by atoms with E-state index in [9.17, 15) is 0 Å². The highest BCUT2D eigenvalue weighted by Gasteiger charge is 2.46. The van der Waals surface area contributed by atoms with Crippen molar-refractivity contribution >= 4 is 8.24 Å². The summed E-state index contributed by atoms with van der Waals surface area (Å²) in [5.41, 5.74) is 4.58. The number of fused-ring (bicyclic) bond motifs is 2. The minimum atomic E-state index is -1.38. The molecule has 3 aliphatic rings. The fourth-order valence-corrected chi connectivity index (χ4v) is 9.36. The smallest absolute Gasteiger partial charge is 0.123 e. The van der Waals surface area contributed by atoms with E-state index in [1.165, 1.54) is 32.1 Å². The molecule has 0 spiro atoms. The zero-order chi connectivity index (χ0) is 14.5. The third-order valence-corrected chi connectivity index (χ3v) is 9.43. The SMILES string of the molecule is CC(C)(C)N[Si](C)(C)C1CCC2C=C3CCCC3=CC21. The van der Waals surface area contributed by atoms with Gasteiger partial charge >= 0.3 is 0 Å². The minimum Gasteiger partial charge on any atom is -0.332 e. The molecule has 3 unspecified atom stereocenters. The Labute approximate surface area is 126 Å². The predicted molar refractivity (Wildman–Crippen MR) is 90.4 cm³/mol. The second-order valence-corrected chi connectivity index (χ2v) is 13.2. The van der Waals surface area contributed by atoms with Crippen molar-refractivity contribution < 1.29 is 0 Å². The van der Waals surface area contributed by atoms with Crippen LogP contribution in [0.1, 0.15) is 52.9 Å².